The summed E-state index contributed by atoms with van der Waals surface area (Å²) in [4.78, 5) is 21.9. The van der Waals surface area contributed by atoms with E-state index in [1.54, 1.807) is 12.1 Å². The van der Waals surface area contributed by atoms with Gasteiger partial charge < -0.3 is 0 Å². The van der Waals surface area contributed by atoms with Crippen molar-refractivity contribution in [3.63, 3.8) is 0 Å². The first-order valence-electron chi connectivity index (χ1n) is 7.01. The minimum Gasteiger partial charge on any atom is -0.292 e. The Kier molecular flexibility index (Phi) is 4.97. The minimum atomic E-state index is -0.423. The maximum absolute atomic E-state index is 11.8. The van der Waals surface area contributed by atoms with E-state index in [0.717, 1.165) is 31.8 Å². The van der Waals surface area contributed by atoms with Gasteiger partial charge in [0.15, 0.2) is 0 Å². The van der Waals surface area contributed by atoms with E-state index in [1.165, 1.54) is 12.0 Å². The van der Waals surface area contributed by atoms with Crippen molar-refractivity contribution in [1.82, 2.24) is 0 Å². The molecule has 0 saturated heterocycles. The molecule has 19 heavy (non-hydrogen) atoms. The fraction of sp³-hybridized carbons (Fsp3) is 0.500. The van der Waals surface area contributed by atoms with Gasteiger partial charge in [-0.15, -0.1) is 0 Å². The summed E-state index contributed by atoms with van der Waals surface area (Å²) in [7, 11) is 0. The molecule has 103 valence electrons. The van der Waals surface area contributed by atoms with Crippen molar-refractivity contribution in [3.8, 4) is 0 Å². The SMILES string of the molecule is CCc1ccc(C(=O)OO[C]2CCCC(C)C2)cc1. The zero-order valence-electron chi connectivity index (χ0n) is 11.6. The lowest BCUT2D eigenvalue weighted by Crippen LogP contribution is -2.16. The van der Waals surface area contributed by atoms with Crippen LogP contribution in [-0.4, -0.2) is 5.97 Å². The van der Waals surface area contributed by atoms with Gasteiger partial charge in [-0.25, -0.2) is 4.79 Å². The van der Waals surface area contributed by atoms with E-state index in [9.17, 15) is 4.79 Å². The summed E-state index contributed by atoms with van der Waals surface area (Å²) in [5, 5.41) is 0. The van der Waals surface area contributed by atoms with E-state index in [2.05, 4.69) is 13.8 Å². The fourth-order valence-electron chi connectivity index (χ4n) is 2.34. The number of benzene rings is 1. The predicted molar refractivity (Wildman–Crippen MR) is 73.2 cm³/mol. The summed E-state index contributed by atoms with van der Waals surface area (Å²) >= 11 is 0. The number of aryl methyl sites for hydroxylation is 1. The highest BCUT2D eigenvalue weighted by molar-refractivity contribution is 5.88. The largest absolute Gasteiger partial charge is 0.373 e. The Bertz CT molecular complexity index is 411. The van der Waals surface area contributed by atoms with Crippen LogP contribution in [0.4, 0.5) is 0 Å². The third-order valence-corrected chi connectivity index (χ3v) is 3.56. The van der Waals surface area contributed by atoms with Crippen LogP contribution in [0.15, 0.2) is 24.3 Å². The number of rotatable bonds is 4. The normalized spacial score (nSPS) is 20.2. The molecule has 1 saturated carbocycles. The van der Waals surface area contributed by atoms with Gasteiger partial charge in [0, 0.05) is 0 Å². The smallest absolute Gasteiger partial charge is 0.292 e. The van der Waals surface area contributed by atoms with Gasteiger partial charge in [0.2, 0.25) is 0 Å². The van der Waals surface area contributed by atoms with Crippen LogP contribution in [0, 0.1) is 12.0 Å². The van der Waals surface area contributed by atoms with E-state index >= 15 is 0 Å². The van der Waals surface area contributed by atoms with Crippen molar-refractivity contribution in [2.45, 2.75) is 46.0 Å². The summed E-state index contributed by atoms with van der Waals surface area (Å²) in [5.74, 6) is 0.194. The van der Waals surface area contributed by atoms with Crippen molar-refractivity contribution in [3.05, 3.63) is 41.5 Å². The molecule has 3 nitrogen and oxygen atoms in total. The fourth-order valence-corrected chi connectivity index (χ4v) is 2.34. The standard InChI is InChI=1S/C16H21O3/c1-3-13-7-9-14(10-8-13)16(17)19-18-15-6-4-5-12(2)11-15/h7-10,12H,3-6,11H2,1-2H3. The monoisotopic (exact) mass is 261 g/mol. The molecule has 0 N–H and O–H groups in total. The molecule has 1 atom stereocenters. The van der Waals surface area contributed by atoms with Gasteiger partial charge in [-0.1, -0.05) is 38.8 Å². The van der Waals surface area contributed by atoms with Crippen LogP contribution in [0.5, 0.6) is 0 Å². The molecule has 0 aliphatic heterocycles. The van der Waals surface area contributed by atoms with Crippen LogP contribution < -0.4 is 0 Å². The zero-order valence-corrected chi connectivity index (χ0v) is 11.6. The molecular weight excluding hydrogens is 240 g/mol. The number of carbonyl (C=O) groups excluding carboxylic acids is 1. The Morgan fingerprint density at radius 2 is 2.05 bits per heavy atom. The summed E-state index contributed by atoms with van der Waals surface area (Å²) < 4.78 is 0. The molecule has 3 heteroatoms. The average Bonchev–Trinajstić information content (AvgIpc) is 2.45. The highest BCUT2D eigenvalue weighted by Crippen LogP contribution is 2.31. The minimum absolute atomic E-state index is 0.423. The maximum Gasteiger partial charge on any atom is 0.373 e. The zero-order chi connectivity index (χ0) is 13.7. The first kappa shape index (κ1) is 14.1. The lowest BCUT2D eigenvalue weighted by molar-refractivity contribution is -0.241. The second kappa shape index (κ2) is 6.71. The van der Waals surface area contributed by atoms with E-state index in [1.807, 2.05) is 12.1 Å². The average molecular weight is 261 g/mol. The molecule has 1 aliphatic rings. The Balaban J connectivity index is 1.83. The summed E-state index contributed by atoms with van der Waals surface area (Å²) in [6.07, 6.45) is 5.96. The first-order valence-corrected chi connectivity index (χ1v) is 7.01. The van der Waals surface area contributed by atoms with Crippen LogP contribution in [0.2, 0.25) is 0 Å². The predicted octanol–water partition coefficient (Wildman–Crippen LogP) is 4.08. The second-order valence-electron chi connectivity index (χ2n) is 5.24. The molecule has 0 aromatic heterocycles. The maximum atomic E-state index is 11.8. The molecule has 1 radical (unpaired) electrons. The summed E-state index contributed by atoms with van der Waals surface area (Å²) in [6, 6.07) is 7.43. The van der Waals surface area contributed by atoms with Crippen molar-refractivity contribution >= 4 is 5.97 Å². The topological polar surface area (TPSA) is 35.5 Å². The van der Waals surface area contributed by atoms with E-state index in [-0.39, 0.29) is 0 Å². The Morgan fingerprint density at radius 1 is 1.32 bits per heavy atom. The van der Waals surface area contributed by atoms with Gasteiger partial charge >= 0.3 is 5.97 Å². The third-order valence-electron chi connectivity index (χ3n) is 3.56. The van der Waals surface area contributed by atoms with E-state index < -0.39 is 5.97 Å². The summed E-state index contributed by atoms with van der Waals surface area (Å²) in [6.45, 7) is 4.27. The van der Waals surface area contributed by atoms with Crippen LogP contribution in [0.25, 0.3) is 0 Å². The lowest BCUT2D eigenvalue weighted by atomic mass is 9.89. The van der Waals surface area contributed by atoms with Gasteiger partial charge in [0.05, 0.1) is 5.56 Å². The first-order chi connectivity index (χ1) is 9.19. The van der Waals surface area contributed by atoms with Gasteiger partial charge in [-0.2, -0.15) is 4.89 Å². The number of hydrogen-bond acceptors (Lipinski definition) is 3. The lowest BCUT2D eigenvalue weighted by Gasteiger charge is -2.23. The highest BCUT2D eigenvalue weighted by Gasteiger charge is 2.23. The van der Waals surface area contributed by atoms with Crippen LogP contribution >= 0.6 is 0 Å². The van der Waals surface area contributed by atoms with Crippen molar-refractivity contribution < 1.29 is 14.6 Å². The molecule has 0 spiro atoms. The molecule has 1 aromatic carbocycles. The number of hydrogen-bond donors (Lipinski definition) is 0. The molecule has 1 unspecified atom stereocenters. The van der Waals surface area contributed by atoms with E-state index in [0.29, 0.717) is 11.5 Å². The van der Waals surface area contributed by atoms with Gasteiger partial charge in [-0.3, -0.25) is 4.89 Å². The van der Waals surface area contributed by atoms with Crippen LogP contribution in [0.1, 0.15) is 55.5 Å². The second-order valence-corrected chi connectivity index (χ2v) is 5.24. The number of carbonyl (C=O) groups is 1. The van der Waals surface area contributed by atoms with Crippen molar-refractivity contribution in [2.24, 2.45) is 5.92 Å². The third kappa shape index (κ3) is 4.06. The molecule has 1 aromatic rings. The van der Waals surface area contributed by atoms with Gasteiger partial charge in [0.25, 0.3) is 0 Å². The van der Waals surface area contributed by atoms with Crippen molar-refractivity contribution in [2.75, 3.05) is 0 Å². The molecule has 1 aliphatic carbocycles. The van der Waals surface area contributed by atoms with Crippen LogP contribution in [-0.2, 0) is 16.2 Å². The van der Waals surface area contributed by atoms with Gasteiger partial charge in [-0.05, 0) is 42.9 Å². The summed E-state index contributed by atoms with van der Waals surface area (Å²) in [5.41, 5.74) is 1.73. The van der Waals surface area contributed by atoms with Gasteiger partial charge in [0.1, 0.15) is 6.10 Å². The Labute approximate surface area is 114 Å². The molecule has 0 bridgehead atoms. The quantitative estimate of drug-likeness (QED) is 0.605. The molecule has 0 amide bonds. The Morgan fingerprint density at radius 3 is 2.68 bits per heavy atom. The molecular formula is C16H21O3. The highest BCUT2D eigenvalue weighted by atomic mass is 17.2. The van der Waals surface area contributed by atoms with Crippen LogP contribution in [0.3, 0.4) is 0 Å². The van der Waals surface area contributed by atoms with E-state index in [4.69, 9.17) is 9.78 Å². The molecule has 2 rings (SSSR count). The van der Waals surface area contributed by atoms with Crippen molar-refractivity contribution in [1.29, 1.82) is 0 Å². The molecule has 1 fully saturated rings. The Hall–Kier alpha value is -1.35. The molecule has 0 heterocycles.